The topological polar surface area (TPSA) is 108 Å². The van der Waals surface area contributed by atoms with Crippen molar-refractivity contribution >= 4 is 11.7 Å². The number of aromatic nitrogens is 2. The van der Waals surface area contributed by atoms with Crippen LogP contribution in [0.15, 0.2) is 28.8 Å². The summed E-state index contributed by atoms with van der Waals surface area (Å²) in [4.78, 5) is 25.8. The fourth-order valence-electron chi connectivity index (χ4n) is 1.63. The first-order valence-corrected chi connectivity index (χ1v) is 6.28. The Morgan fingerprint density at radius 3 is 2.67 bits per heavy atom. The molecule has 0 spiro atoms. The quantitative estimate of drug-likeness (QED) is 0.472. The lowest BCUT2D eigenvalue weighted by molar-refractivity contribution is -0.384. The van der Waals surface area contributed by atoms with Gasteiger partial charge < -0.3 is 9.26 Å². The number of nitrogens with zero attached hydrogens (tertiary/aromatic N) is 3. The molecule has 0 N–H and O–H groups in total. The van der Waals surface area contributed by atoms with Gasteiger partial charge in [0.25, 0.3) is 5.69 Å². The Morgan fingerprint density at radius 1 is 1.43 bits per heavy atom. The van der Waals surface area contributed by atoms with Gasteiger partial charge in [0.05, 0.1) is 11.5 Å². The van der Waals surface area contributed by atoms with E-state index in [-0.39, 0.29) is 24.0 Å². The highest BCUT2D eigenvalue weighted by atomic mass is 16.6. The normalized spacial score (nSPS) is 11.9. The molecule has 0 radical (unpaired) electrons. The molecule has 1 heterocycles. The van der Waals surface area contributed by atoms with Crippen LogP contribution in [-0.2, 0) is 9.53 Å². The van der Waals surface area contributed by atoms with Gasteiger partial charge in [0, 0.05) is 17.7 Å². The molecule has 8 nitrogen and oxygen atoms in total. The smallest absolute Gasteiger partial charge is 0.318 e. The fraction of sp³-hybridized carbons (Fsp3) is 0.308. The average Bonchev–Trinajstić information content (AvgIpc) is 2.96. The predicted octanol–water partition coefficient (Wildman–Crippen LogP) is 2.31. The first kappa shape index (κ1) is 14.6. The number of non-ortho nitro benzene ring substituents is 1. The van der Waals surface area contributed by atoms with Gasteiger partial charge in [-0.3, -0.25) is 14.9 Å². The fourth-order valence-corrected chi connectivity index (χ4v) is 1.63. The number of nitro groups is 1. The highest BCUT2D eigenvalue weighted by Crippen LogP contribution is 2.22. The molecule has 0 saturated carbocycles. The minimum atomic E-state index is -0.663. The van der Waals surface area contributed by atoms with E-state index in [1.807, 2.05) is 0 Å². The Morgan fingerprint density at radius 2 is 2.10 bits per heavy atom. The molecule has 1 atom stereocenters. The lowest BCUT2D eigenvalue weighted by atomic mass is 10.2. The van der Waals surface area contributed by atoms with Gasteiger partial charge in [-0.15, -0.1) is 0 Å². The summed E-state index contributed by atoms with van der Waals surface area (Å²) < 4.78 is 9.90. The molecule has 1 aromatic heterocycles. The second-order valence-electron chi connectivity index (χ2n) is 4.23. The van der Waals surface area contributed by atoms with Crippen LogP contribution < -0.4 is 0 Å². The van der Waals surface area contributed by atoms with Gasteiger partial charge in [0.2, 0.25) is 11.7 Å². The third-order valence-electron chi connectivity index (χ3n) is 2.79. The Bertz CT molecular complexity index is 650. The summed E-state index contributed by atoms with van der Waals surface area (Å²) >= 11 is 0. The number of hydrogen-bond acceptors (Lipinski definition) is 7. The van der Waals surface area contributed by atoms with Crippen molar-refractivity contribution in [2.75, 3.05) is 6.61 Å². The molecule has 1 unspecified atom stereocenters. The molecule has 0 fully saturated rings. The monoisotopic (exact) mass is 291 g/mol. The molecular weight excluding hydrogens is 278 g/mol. The maximum Gasteiger partial charge on any atom is 0.318 e. The molecule has 2 rings (SSSR count). The maximum atomic E-state index is 11.6. The summed E-state index contributed by atoms with van der Waals surface area (Å²) in [5, 5.41) is 14.3. The van der Waals surface area contributed by atoms with Gasteiger partial charge in [-0.2, -0.15) is 4.98 Å². The summed E-state index contributed by atoms with van der Waals surface area (Å²) in [5.41, 5.74) is 0.536. The van der Waals surface area contributed by atoms with Gasteiger partial charge in [-0.25, -0.2) is 0 Å². The number of esters is 1. The predicted molar refractivity (Wildman–Crippen MR) is 71.4 cm³/mol. The zero-order valence-corrected chi connectivity index (χ0v) is 11.5. The number of carbonyl (C=O) groups is 1. The molecule has 1 aromatic carbocycles. The van der Waals surface area contributed by atoms with E-state index in [2.05, 4.69) is 10.1 Å². The van der Waals surface area contributed by atoms with Crippen LogP contribution in [0.3, 0.4) is 0 Å². The zero-order valence-electron chi connectivity index (χ0n) is 11.5. The molecule has 110 valence electrons. The standard InChI is InChI=1S/C13H13N3O5/c1-3-20-13(17)8(2)12-14-11(15-21-12)9-4-6-10(7-5-9)16(18)19/h4-8H,3H2,1-2H3. The van der Waals surface area contributed by atoms with E-state index in [9.17, 15) is 14.9 Å². The summed E-state index contributed by atoms with van der Waals surface area (Å²) in [7, 11) is 0. The van der Waals surface area contributed by atoms with Gasteiger partial charge in [0.15, 0.2) is 0 Å². The SMILES string of the molecule is CCOC(=O)C(C)c1nc(-c2ccc([N+](=O)[O-])cc2)no1. The van der Waals surface area contributed by atoms with Gasteiger partial charge in [-0.05, 0) is 26.0 Å². The molecule has 21 heavy (non-hydrogen) atoms. The molecular formula is C13H13N3O5. The minimum absolute atomic E-state index is 0.0256. The second kappa shape index (κ2) is 6.12. The average molecular weight is 291 g/mol. The lowest BCUT2D eigenvalue weighted by Gasteiger charge is -2.04. The molecule has 0 amide bonds. The van der Waals surface area contributed by atoms with Crippen molar-refractivity contribution in [2.45, 2.75) is 19.8 Å². The molecule has 0 bridgehead atoms. The second-order valence-corrected chi connectivity index (χ2v) is 4.23. The van der Waals surface area contributed by atoms with Crippen molar-refractivity contribution in [3.05, 3.63) is 40.3 Å². The van der Waals surface area contributed by atoms with Crippen LogP contribution in [0.25, 0.3) is 11.4 Å². The maximum absolute atomic E-state index is 11.6. The van der Waals surface area contributed by atoms with Gasteiger partial charge >= 0.3 is 5.97 Å². The third-order valence-corrected chi connectivity index (χ3v) is 2.79. The van der Waals surface area contributed by atoms with Crippen LogP contribution in [0.1, 0.15) is 25.7 Å². The zero-order chi connectivity index (χ0) is 15.4. The van der Waals surface area contributed by atoms with Crippen molar-refractivity contribution in [3.8, 4) is 11.4 Å². The highest BCUT2D eigenvalue weighted by Gasteiger charge is 2.23. The van der Waals surface area contributed by atoms with E-state index >= 15 is 0 Å². The Hall–Kier alpha value is -2.77. The molecule has 0 aliphatic rings. The molecule has 8 heteroatoms. The van der Waals surface area contributed by atoms with Gasteiger partial charge in [-0.1, -0.05) is 5.16 Å². The van der Waals surface area contributed by atoms with Crippen molar-refractivity contribution in [3.63, 3.8) is 0 Å². The first-order valence-electron chi connectivity index (χ1n) is 6.28. The number of ether oxygens (including phenoxy) is 1. The van der Waals surface area contributed by atoms with Crippen LogP contribution in [0.4, 0.5) is 5.69 Å². The highest BCUT2D eigenvalue weighted by molar-refractivity contribution is 5.76. The summed E-state index contributed by atoms with van der Waals surface area (Å²) in [6.07, 6.45) is 0. The number of nitro benzene ring substituents is 1. The number of benzene rings is 1. The number of hydrogen-bond donors (Lipinski definition) is 0. The van der Waals surface area contributed by atoms with Crippen molar-refractivity contribution in [1.82, 2.24) is 10.1 Å². The van der Waals surface area contributed by atoms with E-state index in [1.165, 1.54) is 24.3 Å². The van der Waals surface area contributed by atoms with Crippen molar-refractivity contribution < 1.29 is 19.0 Å². The van der Waals surface area contributed by atoms with Crippen LogP contribution in [-0.4, -0.2) is 27.6 Å². The Labute approximate surface area is 119 Å². The largest absolute Gasteiger partial charge is 0.465 e. The molecule has 2 aromatic rings. The minimum Gasteiger partial charge on any atom is -0.465 e. The Balaban J connectivity index is 2.19. The van der Waals surface area contributed by atoms with Crippen LogP contribution in [0.2, 0.25) is 0 Å². The van der Waals surface area contributed by atoms with E-state index in [0.29, 0.717) is 5.56 Å². The van der Waals surface area contributed by atoms with Crippen LogP contribution in [0, 0.1) is 10.1 Å². The lowest BCUT2D eigenvalue weighted by Crippen LogP contribution is -2.13. The van der Waals surface area contributed by atoms with Crippen molar-refractivity contribution in [1.29, 1.82) is 0 Å². The summed E-state index contributed by atoms with van der Waals surface area (Å²) in [5.74, 6) is -0.710. The number of rotatable bonds is 5. The van der Waals surface area contributed by atoms with E-state index < -0.39 is 16.8 Å². The van der Waals surface area contributed by atoms with Crippen molar-refractivity contribution in [2.24, 2.45) is 0 Å². The summed E-state index contributed by atoms with van der Waals surface area (Å²) in [6, 6.07) is 5.73. The van der Waals surface area contributed by atoms with Crippen LogP contribution in [0.5, 0.6) is 0 Å². The first-order chi connectivity index (χ1) is 10.0. The van der Waals surface area contributed by atoms with Gasteiger partial charge in [0.1, 0.15) is 5.92 Å². The Kier molecular flexibility index (Phi) is 4.27. The van der Waals surface area contributed by atoms with E-state index in [4.69, 9.17) is 9.26 Å². The van der Waals surface area contributed by atoms with Crippen LogP contribution >= 0.6 is 0 Å². The van der Waals surface area contributed by atoms with E-state index in [1.54, 1.807) is 13.8 Å². The van der Waals surface area contributed by atoms with E-state index in [0.717, 1.165) is 0 Å². The number of carbonyl (C=O) groups excluding carboxylic acids is 1. The molecule has 0 aliphatic carbocycles. The molecule has 0 aliphatic heterocycles. The summed E-state index contributed by atoms with van der Waals surface area (Å²) in [6.45, 7) is 3.58. The third kappa shape index (κ3) is 3.22. The molecule has 0 saturated heterocycles.